The third-order valence-corrected chi connectivity index (χ3v) is 8.44. The first kappa shape index (κ1) is 30.2. The van der Waals surface area contributed by atoms with E-state index in [1.807, 2.05) is 4.98 Å². The summed E-state index contributed by atoms with van der Waals surface area (Å²) in [7, 11) is -9.66. The highest BCUT2D eigenvalue weighted by atomic mass is 31.3. The molecule has 0 spiro atoms. The van der Waals surface area contributed by atoms with E-state index in [1.54, 1.807) is 0 Å². The zero-order valence-electron chi connectivity index (χ0n) is 18.9. The minimum Gasteiger partial charge on any atom is -0.388 e. The van der Waals surface area contributed by atoms with E-state index in [1.165, 1.54) is 0 Å². The van der Waals surface area contributed by atoms with Crippen LogP contribution in [0, 0.1) is 0 Å². The van der Waals surface area contributed by atoms with Crippen LogP contribution in [0.1, 0.15) is 6.23 Å². The quantitative estimate of drug-likeness (QED) is 0.122. The maximum Gasteiger partial charge on any atom is 0.485 e. The lowest BCUT2D eigenvalue weighted by atomic mass is 9.99. The Balaban J connectivity index is 1.65. The fourth-order valence-electron chi connectivity index (χ4n) is 3.46. The smallest absolute Gasteiger partial charge is 0.388 e. The van der Waals surface area contributed by atoms with E-state index >= 15 is 0 Å². The first-order valence-electron chi connectivity index (χ1n) is 10.5. The molecule has 3 heterocycles. The molecule has 1 aromatic rings. The Morgan fingerprint density at radius 2 is 1.68 bits per heavy atom. The van der Waals surface area contributed by atoms with Crippen molar-refractivity contribution in [1.82, 2.24) is 9.55 Å². The van der Waals surface area contributed by atoms with Gasteiger partial charge < -0.3 is 45.6 Å². The van der Waals surface area contributed by atoms with Crippen LogP contribution in [0.25, 0.3) is 0 Å². The Kier molecular flexibility index (Phi) is 9.61. The number of ether oxygens (including phenoxy) is 2. The predicted molar refractivity (Wildman–Crippen MR) is 116 cm³/mol. The molecule has 0 amide bonds. The average Bonchev–Trinajstić information content (AvgIpc) is 3.11. The minimum atomic E-state index is -5.35. The van der Waals surface area contributed by atoms with Crippen LogP contribution in [0.5, 0.6) is 0 Å². The molecule has 21 heteroatoms. The van der Waals surface area contributed by atoms with Crippen LogP contribution in [0.4, 0.5) is 0 Å². The van der Waals surface area contributed by atoms with Crippen molar-refractivity contribution >= 4 is 15.6 Å². The van der Waals surface area contributed by atoms with Gasteiger partial charge in [-0.2, -0.15) is 4.31 Å². The Morgan fingerprint density at radius 3 is 2.27 bits per heavy atom. The van der Waals surface area contributed by atoms with Gasteiger partial charge in [-0.1, -0.05) is 0 Å². The molecule has 9 N–H and O–H groups in total. The normalized spacial score (nSPS) is 37.7. The molecule has 19 nitrogen and oxygen atoms in total. The van der Waals surface area contributed by atoms with Gasteiger partial charge in [0.25, 0.3) is 5.56 Å². The van der Waals surface area contributed by atoms with Crippen LogP contribution in [0.3, 0.4) is 0 Å². The van der Waals surface area contributed by atoms with Gasteiger partial charge in [0.1, 0.15) is 42.7 Å². The van der Waals surface area contributed by atoms with Crippen molar-refractivity contribution in [1.29, 1.82) is 0 Å². The molecule has 11 atom stereocenters. The molecule has 0 aromatic carbocycles. The number of hydrogen-bond acceptors (Lipinski definition) is 16. The summed E-state index contributed by atoms with van der Waals surface area (Å²) in [5.41, 5.74) is 3.69. The van der Waals surface area contributed by atoms with E-state index in [-0.39, 0.29) is 6.54 Å². The van der Waals surface area contributed by atoms with Gasteiger partial charge in [-0.25, -0.2) is 13.9 Å². The lowest BCUT2D eigenvalue weighted by molar-refractivity contribution is -0.273. The standard InChI is InChI=1S/C16H27N3O16P2/c1-30-37(29,34-15-13(25)11(23)9(21)6(4-17)33-15)35-36(27,28)31-5-7-10(22)12(24)14(32-7)19-3-2-8(20)18-16(19)26/h2-3,6-7,9-15,21-25H,4-5,17H2,1H3,(H,27,28)(H,18,20,26)/t6?,7?,9-,10+,11?,12+,13?,14?,15?,37?/m0/s1. The van der Waals surface area contributed by atoms with Crippen LogP contribution in [-0.2, 0) is 36.5 Å². The Bertz CT molecular complexity index is 1140. The number of phosphoric ester groups is 2. The van der Waals surface area contributed by atoms with Crippen LogP contribution in [0.15, 0.2) is 21.9 Å². The largest absolute Gasteiger partial charge is 0.485 e. The predicted octanol–water partition coefficient (Wildman–Crippen LogP) is -4.17. The molecular formula is C16H27N3O16P2. The van der Waals surface area contributed by atoms with Gasteiger partial charge in [-0.05, 0) is 0 Å². The molecule has 3 rings (SSSR count). The summed E-state index contributed by atoms with van der Waals surface area (Å²) in [6.45, 7) is -1.31. The van der Waals surface area contributed by atoms with Gasteiger partial charge >= 0.3 is 21.3 Å². The number of phosphoric acid groups is 2. The van der Waals surface area contributed by atoms with Crippen molar-refractivity contribution < 1.29 is 66.9 Å². The number of H-pyrrole nitrogens is 1. The average molecular weight is 579 g/mol. The lowest BCUT2D eigenvalue weighted by Gasteiger charge is -2.40. The molecule has 8 unspecified atom stereocenters. The summed E-state index contributed by atoms with van der Waals surface area (Å²) < 4.78 is 54.8. The minimum absolute atomic E-state index is 0.355. The third kappa shape index (κ3) is 6.80. The highest BCUT2D eigenvalue weighted by molar-refractivity contribution is 7.61. The second-order valence-corrected chi connectivity index (χ2v) is 11.2. The first-order chi connectivity index (χ1) is 17.2. The number of hydrogen-bond donors (Lipinski definition) is 8. The number of nitrogens with one attached hydrogen (secondary N) is 1. The van der Waals surface area contributed by atoms with Crippen LogP contribution >= 0.6 is 15.6 Å². The number of nitrogens with zero attached hydrogens (tertiary/aromatic N) is 1. The van der Waals surface area contributed by atoms with E-state index in [2.05, 4.69) is 13.4 Å². The van der Waals surface area contributed by atoms with E-state index in [0.29, 0.717) is 0 Å². The number of aromatic nitrogens is 2. The molecule has 2 saturated heterocycles. The highest BCUT2D eigenvalue weighted by Crippen LogP contribution is 2.64. The summed E-state index contributed by atoms with van der Waals surface area (Å²) in [4.78, 5) is 35.1. The topological polar surface area (TPSA) is 292 Å². The molecular weight excluding hydrogens is 552 g/mol. The van der Waals surface area contributed by atoms with Gasteiger partial charge in [0.2, 0.25) is 0 Å². The molecule has 2 aliphatic heterocycles. The van der Waals surface area contributed by atoms with Crippen molar-refractivity contribution in [3.63, 3.8) is 0 Å². The van der Waals surface area contributed by atoms with E-state index in [4.69, 9.17) is 19.7 Å². The Labute approximate surface area is 207 Å². The number of aliphatic hydroxyl groups is 5. The summed E-state index contributed by atoms with van der Waals surface area (Å²) in [5.74, 6) is 0. The van der Waals surface area contributed by atoms with Crippen molar-refractivity contribution in [3.8, 4) is 0 Å². The van der Waals surface area contributed by atoms with Gasteiger partial charge in [-0.3, -0.25) is 27.9 Å². The maximum atomic E-state index is 12.8. The zero-order valence-corrected chi connectivity index (χ0v) is 20.7. The number of nitrogens with two attached hydrogens (primary N) is 1. The summed E-state index contributed by atoms with van der Waals surface area (Å²) in [6, 6.07) is 0.953. The monoisotopic (exact) mass is 579 g/mol. The van der Waals surface area contributed by atoms with E-state index in [9.17, 15) is 49.1 Å². The molecule has 37 heavy (non-hydrogen) atoms. The molecule has 0 radical (unpaired) electrons. The maximum absolute atomic E-state index is 12.8. The van der Waals surface area contributed by atoms with Gasteiger partial charge in [0.15, 0.2) is 12.5 Å². The molecule has 0 saturated carbocycles. The summed E-state index contributed by atoms with van der Waals surface area (Å²) in [5, 5.41) is 50.1. The van der Waals surface area contributed by atoms with Crippen molar-refractivity contribution in [2.75, 3.05) is 20.3 Å². The van der Waals surface area contributed by atoms with E-state index < -0.39 is 88.7 Å². The van der Waals surface area contributed by atoms with Gasteiger partial charge in [0, 0.05) is 25.9 Å². The summed E-state index contributed by atoms with van der Waals surface area (Å²) in [6.07, 6.45) is -14.3. The van der Waals surface area contributed by atoms with Crippen molar-refractivity contribution in [3.05, 3.63) is 33.1 Å². The SMILES string of the molecule is COP(=O)(OC1OC(CN)[C@H](O)C(O)C1O)OP(=O)(O)OCC1OC(n2ccc(=O)[nH]c2=O)[C@H](O)[C@@H]1O. The zero-order chi connectivity index (χ0) is 27.7. The third-order valence-electron chi connectivity index (χ3n) is 5.43. The highest BCUT2D eigenvalue weighted by Gasteiger charge is 2.50. The number of aromatic amines is 1. The fourth-order valence-corrected chi connectivity index (χ4v) is 5.93. The number of rotatable bonds is 10. The molecule has 212 valence electrons. The Morgan fingerprint density at radius 1 is 1.03 bits per heavy atom. The van der Waals surface area contributed by atoms with E-state index in [0.717, 1.165) is 23.9 Å². The Hall–Kier alpha value is -1.38. The fraction of sp³-hybridized carbons (Fsp3) is 0.750. The van der Waals surface area contributed by atoms with Crippen LogP contribution in [0.2, 0.25) is 0 Å². The first-order valence-corrected chi connectivity index (χ1v) is 13.4. The van der Waals surface area contributed by atoms with Crippen molar-refractivity contribution in [2.45, 2.75) is 55.2 Å². The molecule has 2 fully saturated rings. The molecule has 1 aromatic heterocycles. The molecule has 0 aliphatic carbocycles. The van der Waals surface area contributed by atoms with Crippen LogP contribution in [-0.4, -0.2) is 109 Å². The second kappa shape index (κ2) is 11.8. The van der Waals surface area contributed by atoms with Crippen molar-refractivity contribution in [2.24, 2.45) is 5.73 Å². The summed E-state index contributed by atoms with van der Waals surface area (Å²) >= 11 is 0. The second-order valence-electron chi connectivity index (χ2n) is 7.90. The van der Waals surface area contributed by atoms with Crippen LogP contribution < -0.4 is 17.0 Å². The number of aliphatic hydroxyl groups excluding tert-OH is 5. The molecule has 0 bridgehead atoms. The lowest BCUT2D eigenvalue weighted by Crippen LogP contribution is -2.59. The van der Waals surface area contributed by atoms with Gasteiger partial charge in [-0.15, -0.1) is 0 Å². The molecule has 2 aliphatic rings. The van der Waals surface area contributed by atoms with Gasteiger partial charge in [0.05, 0.1) is 6.61 Å².